The summed E-state index contributed by atoms with van der Waals surface area (Å²) >= 11 is 1.42. The number of thiophene rings is 1. The van der Waals surface area contributed by atoms with Crippen LogP contribution in [0.2, 0.25) is 0 Å². The van der Waals surface area contributed by atoms with E-state index in [0.717, 1.165) is 29.7 Å². The first kappa shape index (κ1) is 21.9. The van der Waals surface area contributed by atoms with Gasteiger partial charge in [0.25, 0.3) is 11.8 Å². The van der Waals surface area contributed by atoms with E-state index in [1.807, 2.05) is 0 Å². The molecule has 30 heavy (non-hydrogen) atoms. The fourth-order valence-corrected chi connectivity index (χ4v) is 4.76. The van der Waals surface area contributed by atoms with E-state index in [0.29, 0.717) is 21.2 Å². The molecule has 9 heteroatoms. The molecule has 0 aliphatic heterocycles. The van der Waals surface area contributed by atoms with Gasteiger partial charge in [0.2, 0.25) is 0 Å². The maximum atomic E-state index is 13.2. The average molecular weight is 435 g/mol. The summed E-state index contributed by atoms with van der Waals surface area (Å²) in [4.78, 5) is 38.8. The number of carbonyl (C=O) groups excluding carboxylic acids is 3. The lowest BCUT2D eigenvalue weighted by Crippen LogP contribution is -3.11. The van der Waals surface area contributed by atoms with Gasteiger partial charge in [-0.1, -0.05) is 6.07 Å². The molecular weight excluding hydrogens is 409 g/mol. The van der Waals surface area contributed by atoms with Crippen molar-refractivity contribution in [1.29, 1.82) is 0 Å². The minimum Gasteiger partial charge on any atom is -0.462 e. The van der Waals surface area contributed by atoms with Crippen LogP contribution in [0.4, 0.5) is 15.1 Å². The highest BCUT2D eigenvalue weighted by Crippen LogP contribution is 2.39. The second-order valence-corrected chi connectivity index (χ2v) is 8.30. The Hall–Kier alpha value is -2.78. The van der Waals surface area contributed by atoms with Crippen molar-refractivity contribution in [3.63, 3.8) is 0 Å². The lowest BCUT2D eigenvalue weighted by Gasteiger charge is -2.14. The van der Waals surface area contributed by atoms with Gasteiger partial charge in [0.05, 0.1) is 19.2 Å². The molecule has 3 N–H and O–H groups in total. The highest BCUT2D eigenvalue weighted by atomic mass is 32.1. The van der Waals surface area contributed by atoms with Crippen LogP contribution in [0.15, 0.2) is 24.3 Å². The summed E-state index contributed by atoms with van der Waals surface area (Å²) in [5.41, 5.74) is 1.80. The number of likely N-dealkylation sites (N-methyl/N-ethyl adjacent to an activating group) is 1. The van der Waals surface area contributed by atoms with Gasteiger partial charge in [-0.3, -0.25) is 9.59 Å². The normalized spacial score (nSPS) is 13.4. The summed E-state index contributed by atoms with van der Waals surface area (Å²) in [5.74, 6) is -1.47. The summed E-state index contributed by atoms with van der Waals surface area (Å²) < 4.78 is 18.4. The molecule has 1 aromatic carbocycles. The van der Waals surface area contributed by atoms with Gasteiger partial charge in [0.1, 0.15) is 10.8 Å². The van der Waals surface area contributed by atoms with Crippen LogP contribution in [-0.2, 0) is 27.2 Å². The van der Waals surface area contributed by atoms with Crippen molar-refractivity contribution in [1.82, 2.24) is 0 Å². The molecule has 0 fully saturated rings. The number of rotatable bonds is 8. The summed E-state index contributed by atoms with van der Waals surface area (Å²) in [6, 6.07) is 5.62. The third-order valence-corrected chi connectivity index (χ3v) is 5.89. The third kappa shape index (κ3) is 5.43. The molecule has 2 amide bonds. The number of benzene rings is 1. The fraction of sp³-hybridized carbons (Fsp3) is 0.381. The minimum absolute atomic E-state index is 0.0373. The second-order valence-electron chi connectivity index (χ2n) is 7.20. The Kier molecular flexibility index (Phi) is 7.17. The quantitative estimate of drug-likeness (QED) is 0.551. The number of aryl methyl sites for hydroxylation is 1. The number of nitrogens with one attached hydrogen (secondary N) is 3. The van der Waals surface area contributed by atoms with Crippen LogP contribution in [0.25, 0.3) is 0 Å². The molecule has 0 radical (unpaired) electrons. The lowest BCUT2D eigenvalue weighted by atomic mass is 10.1. The molecule has 7 nitrogen and oxygen atoms in total. The number of fused-ring (bicyclic) bond motifs is 1. The molecule has 0 spiro atoms. The minimum atomic E-state index is -0.437. The van der Waals surface area contributed by atoms with Crippen molar-refractivity contribution < 1.29 is 28.4 Å². The van der Waals surface area contributed by atoms with Crippen molar-refractivity contribution in [2.45, 2.75) is 26.2 Å². The maximum absolute atomic E-state index is 13.2. The molecule has 160 valence electrons. The topological polar surface area (TPSA) is 88.9 Å². The Morgan fingerprint density at radius 1 is 1.17 bits per heavy atom. The second kappa shape index (κ2) is 9.82. The first-order chi connectivity index (χ1) is 14.4. The number of quaternary nitrogens is 1. The zero-order chi connectivity index (χ0) is 21.7. The Bertz CT molecular complexity index is 960. The van der Waals surface area contributed by atoms with Gasteiger partial charge in [-0.25, -0.2) is 9.18 Å². The molecule has 1 atom stereocenters. The highest BCUT2D eigenvalue weighted by molar-refractivity contribution is 7.17. The standard InChI is InChI=1S/C21H24FN3O4S/c1-3-29-21(28)19-15-8-5-9-16(15)30-20(19)24-18(27)12-25(2)11-17(26)23-14-7-4-6-13(22)10-14/h4,6-7,10H,3,5,8-9,11-12H2,1-2H3,(H,23,26)(H,24,27)/p+1. The van der Waals surface area contributed by atoms with Gasteiger partial charge in [-0.05, 0) is 49.9 Å². The van der Waals surface area contributed by atoms with Crippen LogP contribution < -0.4 is 15.5 Å². The van der Waals surface area contributed by atoms with E-state index in [2.05, 4.69) is 10.6 Å². The fourth-order valence-electron chi connectivity index (χ4n) is 3.46. The van der Waals surface area contributed by atoms with Crippen LogP contribution in [0.1, 0.15) is 34.1 Å². The van der Waals surface area contributed by atoms with Gasteiger partial charge in [-0.15, -0.1) is 11.3 Å². The predicted molar refractivity (Wildman–Crippen MR) is 113 cm³/mol. The van der Waals surface area contributed by atoms with E-state index < -0.39 is 11.8 Å². The first-order valence-electron chi connectivity index (χ1n) is 9.85. The van der Waals surface area contributed by atoms with Crippen LogP contribution in [-0.4, -0.2) is 44.5 Å². The van der Waals surface area contributed by atoms with E-state index in [1.165, 1.54) is 29.5 Å². The molecular formula is C21H25FN3O4S+. The van der Waals surface area contributed by atoms with Gasteiger partial charge in [0.15, 0.2) is 13.1 Å². The molecule has 0 saturated heterocycles. The van der Waals surface area contributed by atoms with Gasteiger partial charge < -0.3 is 20.3 Å². The van der Waals surface area contributed by atoms with Crippen molar-refractivity contribution in [3.05, 3.63) is 46.1 Å². The number of halogens is 1. The summed E-state index contributed by atoms with van der Waals surface area (Å²) in [7, 11) is 1.71. The van der Waals surface area contributed by atoms with Crippen molar-refractivity contribution >= 4 is 39.8 Å². The van der Waals surface area contributed by atoms with E-state index in [4.69, 9.17) is 4.74 Å². The first-order valence-corrected chi connectivity index (χ1v) is 10.7. The number of anilines is 2. The number of ether oxygens (including phenoxy) is 1. The number of hydrogen-bond donors (Lipinski definition) is 3. The van der Waals surface area contributed by atoms with Crippen molar-refractivity contribution in [3.8, 4) is 0 Å². The SMILES string of the molecule is CCOC(=O)c1c(NC(=O)C[NH+](C)CC(=O)Nc2cccc(F)c2)sc2c1CCC2. The Labute approximate surface area is 178 Å². The Balaban J connectivity index is 1.57. The van der Waals surface area contributed by atoms with E-state index in [-0.39, 0.29) is 31.5 Å². The van der Waals surface area contributed by atoms with Crippen LogP contribution >= 0.6 is 11.3 Å². The largest absolute Gasteiger partial charge is 0.462 e. The molecule has 3 rings (SSSR count). The van der Waals surface area contributed by atoms with Crippen LogP contribution in [0.5, 0.6) is 0 Å². The molecule has 0 saturated carbocycles. The maximum Gasteiger partial charge on any atom is 0.341 e. The summed E-state index contributed by atoms with van der Waals surface area (Å²) in [6.45, 7) is 2.09. The smallest absolute Gasteiger partial charge is 0.341 e. The van der Waals surface area contributed by atoms with Gasteiger partial charge in [0, 0.05) is 10.6 Å². The van der Waals surface area contributed by atoms with Crippen LogP contribution in [0.3, 0.4) is 0 Å². The monoisotopic (exact) mass is 434 g/mol. The molecule has 1 unspecified atom stereocenters. The van der Waals surface area contributed by atoms with E-state index in [1.54, 1.807) is 20.0 Å². The Morgan fingerprint density at radius 2 is 1.90 bits per heavy atom. The number of esters is 1. The van der Waals surface area contributed by atoms with E-state index >= 15 is 0 Å². The number of carbonyl (C=O) groups is 3. The molecule has 1 aliphatic carbocycles. The summed E-state index contributed by atoms with van der Waals surface area (Å²) in [5, 5.41) is 5.94. The zero-order valence-corrected chi connectivity index (χ0v) is 17.8. The third-order valence-electron chi connectivity index (χ3n) is 4.69. The summed E-state index contributed by atoms with van der Waals surface area (Å²) in [6.07, 6.45) is 2.70. The lowest BCUT2D eigenvalue weighted by molar-refractivity contribution is -0.862. The highest BCUT2D eigenvalue weighted by Gasteiger charge is 2.28. The average Bonchev–Trinajstić information content (AvgIpc) is 3.21. The van der Waals surface area contributed by atoms with E-state index in [9.17, 15) is 18.8 Å². The van der Waals surface area contributed by atoms with Gasteiger partial charge >= 0.3 is 5.97 Å². The predicted octanol–water partition coefficient (Wildman–Crippen LogP) is 1.64. The molecule has 1 heterocycles. The number of amides is 2. The number of hydrogen-bond acceptors (Lipinski definition) is 5. The Morgan fingerprint density at radius 3 is 2.60 bits per heavy atom. The molecule has 2 aromatic rings. The zero-order valence-electron chi connectivity index (χ0n) is 17.0. The molecule has 1 aliphatic rings. The van der Waals surface area contributed by atoms with Crippen molar-refractivity contribution in [2.24, 2.45) is 0 Å². The molecule has 0 bridgehead atoms. The van der Waals surface area contributed by atoms with Crippen molar-refractivity contribution in [2.75, 3.05) is 37.4 Å². The van der Waals surface area contributed by atoms with Gasteiger partial charge in [-0.2, -0.15) is 0 Å². The molecule has 1 aromatic heterocycles. The van der Waals surface area contributed by atoms with Crippen LogP contribution in [0, 0.1) is 5.82 Å².